The summed E-state index contributed by atoms with van der Waals surface area (Å²) in [5.74, 6) is 0.731. The number of hydroxylamine groups is 2. The maximum Gasteiger partial charge on any atom is 0.120 e. The van der Waals surface area contributed by atoms with Crippen LogP contribution in [0.5, 0.6) is 0 Å². The molecule has 3 nitrogen and oxygen atoms in total. The Morgan fingerprint density at radius 1 is 1.47 bits per heavy atom. The molecule has 1 aromatic rings. The second-order valence-corrected chi connectivity index (χ2v) is 4.40. The molecule has 1 unspecified atom stereocenters. The molecule has 0 bridgehead atoms. The van der Waals surface area contributed by atoms with E-state index >= 15 is 0 Å². The fraction of sp³-hybridized carbons (Fsp3) is 0.364. The standard InChI is InChI=1S/C11H13N2OS/c1-8-9-5-3-4-6-10(9)12-11(7-15-2)13(8)14/h3-6,11H,7H2,1-2H3/q-1. The number of para-hydroxylation sites is 1. The number of fused-ring (bicyclic) bond motifs is 1. The predicted molar refractivity (Wildman–Crippen MR) is 63.7 cm³/mol. The lowest BCUT2D eigenvalue weighted by atomic mass is 10.2. The summed E-state index contributed by atoms with van der Waals surface area (Å²) in [6, 6.07) is 7.78. The van der Waals surface area contributed by atoms with Crippen LogP contribution in [0, 0.1) is 5.21 Å². The molecule has 0 saturated carbocycles. The van der Waals surface area contributed by atoms with E-state index in [-0.39, 0.29) is 6.17 Å². The summed E-state index contributed by atoms with van der Waals surface area (Å²) in [5.41, 5.74) is 0.764. The van der Waals surface area contributed by atoms with E-state index in [1.807, 2.05) is 37.4 Å². The van der Waals surface area contributed by atoms with Gasteiger partial charge < -0.3 is 10.3 Å². The highest BCUT2D eigenvalue weighted by Crippen LogP contribution is 2.13. The zero-order valence-corrected chi connectivity index (χ0v) is 9.62. The molecule has 1 aliphatic heterocycles. The van der Waals surface area contributed by atoms with Gasteiger partial charge in [-0.25, -0.2) is 0 Å². The summed E-state index contributed by atoms with van der Waals surface area (Å²) in [5, 5.41) is 14.7. The van der Waals surface area contributed by atoms with Crippen molar-refractivity contribution in [3.8, 4) is 0 Å². The lowest BCUT2D eigenvalue weighted by Gasteiger charge is -2.39. The van der Waals surface area contributed by atoms with Gasteiger partial charge in [-0.3, -0.25) is 4.99 Å². The van der Waals surface area contributed by atoms with Crippen molar-refractivity contribution in [2.45, 2.75) is 13.1 Å². The molecule has 1 aliphatic rings. The normalized spacial score (nSPS) is 19.8. The summed E-state index contributed by atoms with van der Waals surface area (Å²) in [4.78, 5) is 4.44. The monoisotopic (exact) mass is 221 g/mol. The number of nitrogens with zero attached hydrogens (tertiary/aromatic N) is 2. The summed E-state index contributed by atoms with van der Waals surface area (Å²) in [7, 11) is 0. The molecule has 0 radical (unpaired) electrons. The maximum atomic E-state index is 11.9. The number of thioether (sulfide) groups is 1. The minimum absolute atomic E-state index is 0.269. The minimum atomic E-state index is -0.269. The Morgan fingerprint density at radius 3 is 2.93 bits per heavy atom. The van der Waals surface area contributed by atoms with E-state index in [0.29, 0.717) is 0 Å². The Hall–Kier alpha value is -1.00. The van der Waals surface area contributed by atoms with Crippen molar-refractivity contribution in [1.29, 1.82) is 0 Å². The first-order chi connectivity index (χ1) is 7.24. The van der Waals surface area contributed by atoms with Crippen LogP contribution in [-0.2, 0) is 0 Å². The summed E-state index contributed by atoms with van der Waals surface area (Å²) in [6.07, 6.45) is 1.72. The molecule has 0 saturated heterocycles. The zero-order chi connectivity index (χ0) is 10.8. The molecule has 0 amide bonds. The van der Waals surface area contributed by atoms with Gasteiger partial charge in [0.25, 0.3) is 0 Å². The molecular weight excluding hydrogens is 208 g/mol. The van der Waals surface area contributed by atoms with Gasteiger partial charge in [-0.1, -0.05) is 18.2 Å². The fourth-order valence-electron chi connectivity index (χ4n) is 1.70. The van der Waals surface area contributed by atoms with Crippen LogP contribution in [0.1, 0.15) is 6.92 Å². The largest absolute Gasteiger partial charge is 0.757 e. The molecule has 0 aliphatic carbocycles. The van der Waals surface area contributed by atoms with Crippen LogP contribution in [0.25, 0.3) is 5.70 Å². The number of hydrogen-bond acceptors (Lipinski definition) is 4. The molecule has 15 heavy (non-hydrogen) atoms. The first kappa shape index (κ1) is 10.5. The van der Waals surface area contributed by atoms with Crippen LogP contribution >= 0.6 is 11.8 Å². The van der Waals surface area contributed by atoms with E-state index in [1.165, 1.54) is 0 Å². The first-order valence-electron chi connectivity index (χ1n) is 4.83. The third-order valence-corrected chi connectivity index (χ3v) is 3.13. The van der Waals surface area contributed by atoms with Gasteiger partial charge in [0.15, 0.2) is 0 Å². The molecule has 4 heteroatoms. The van der Waals surface area contributed by atoms with Crippen molar-refractivity contribution in [3.63, 3.8) is 0 Å². The van der Waals surface area contributed by atoms with Crippen molar-refractivity contribution in [1.82, 2.24) is 5.06 Å². The molecule has 80 valence electrons. The van der Waals surface area contributed by atoms with Crippen LogP contribution in [0.3, 0.4) is 0 Å². The molecule has 1 aromatic carbocycles. The van der Waals surface area contributed by atoms with Crippen molar-refractivity contribution >= 4 is 17.5 Å². The molecule has 2 rings (SSSR count). The van der Waals surface area contributed by atoms with Gasteiger partial charge in [-0.05, 0) is 19.2 Å². The molecule has 0 spiro atoms. The van der Waals surface area contributed by atoms with Gasteiger partial charge in [0, 0.05) is 16.7 Å². The Labute approximate surface area is 93.1 Å². The topological polar surface area (TPSA) is 38.7 Å². The van der Waals surface area contributed by atoms with Crippen molar-refractivity contribution in [2.24, 2.45) is 4.99 Å². The van der Waals surface area contributed by atoms with Crippen molar-refractivity contribution < 1.29 is 0 Å². The van der Waals surface area contributed by atoms with E-state index in [2.05, 4.69) is 4.99 Å². The SMILES string of the molecule is CSCC1N=c2ccccc2=C(C)N1[O-]. The van der Waals surface area contributed by atoms with Crippen LogP contribution in [0.4, 0.5) is 0 Å². The van der Waals surface area contributed by atoms with Crippen molar-refractivity contribution in [2.75, 3.05) is 12.0 Å². The molecule has 1 atom stereocenters. The van der Waals surface area contributed by atoms with Crippen molar-refractivity contribution in [3.05, 3.63) is 40.0 Å². The quantitative estimate of drug-likeness (QED) is 0.746. The molecule has 1 heterocycles. The number of rotatable bonds is 2. The van der Waals surface area contributed by atoms with Gasteiger partial charge in [0.05, 0.1) is 5.36 Å². The van der Waals surface area contributed by atoms with E-state index in [4.69, 9.17) is 0 Å². The number of benzene rings is 1. The average molecular weight is 221 g/mol. The highest BCUT2D eigenvalue weighted by Gasteiger charge is 2.13. The fourth-order valence-corrected chi connectivity index (χ4v) is 2.21. The first-order valence-corrected chi connectivity index (χ1v) is 6.22. The van der Waals surface area contributed by atoms with Crippen LogP contribution in [0.15, 0.2) is 29.3 Å². The lowest BCUT2D eigenvalue weighted by Crippen LogP contribution is -2.43. The Balaban J connectivity index is 2.56. The lowest BCUT2D eigenvalue weighted by molar-refractivity contribution is 0.407. The predicted octanol–water partition coefficient (Wildman–Crippen LogP) is 0.937. The summed E-state index contributed by atoms with van der Waals surface area (Å²) >= 11 is 1.64. The third kappa shape index (κ3) is 1.87. The molecular formula is C11H13N2OS-. The highest BCUT2D eigenvalue weighted by atomic mass is 32.2. The highest BCUT2D eigenvalue weighted by molar-refractivity contribution is 7.98. The van der Waals surface area contributed by atoms with Gasteiger partial charge in [-0.15, -0.1) is 0 Å². The summed E-state index contributed by atoms with van der Waals surface area (Å²) < 4.78 is 0. The van der Waals surface area contributed by atoms with E-state index in [0.717, 1.165) is 27.1 Å². The van der Waals surface area contributed by atoms with Gasteiger partial charge in [0.2, 0.25) is 0 Å². The smallest absolute Gasteiger partial charge is 0.120 e. The second kappa shape index (κ2) is 4.24. The minimum Gasteiger partial charge on any atom is -0.757 e. The van der Waals surface area contributed by atoms with E-state index < -0.39 is 0 Å². The van der Waals surface area contributed by atoms with Crippen LogP contribution in [-0.4, -0.2) is 23.2 Å². The zero-order valence-electron chi connectivity index (χ0n) is 8.80. The second-order valence-electron chi connectivity index (χ2n) is 3.49. The third-order valence-electron chi connectivity index (χ3n) is 2.50. The van der Waals surface area contributed by atoms with E-state index in [1.54, 1.807) is 11.8 Å². The molecule has 0 aromatic heterocycles. The molecule has 0 N–H and O–H groups in total. The number of hydrogen-bond donors (Lipinski definition) is 0. The van der Waals surface area contributed by atoms with Gasteiger partial charge in [0.1, 0.15) is 6.17 Å². The average Bonchev–Trinajstić information content (AvgIpc) is 2.26. The van der Waals surface area contributed by atoms with E-state index in [9.17, 15) is 5.21 Å². The Bertz CT molecular complexity index is 472. The maximum absolute atomic E-state index is 11.9. The molecule has 0 fully saturated rings. The van der Waals surface area contributed by atoms with Crippen LogP contribution in [0.2, 0.25) is 0 Å². The Morgan fingerprint density at radius 2 is 2.20 bits per heavy atom. The van der Waals surface area contributed by atoms with Gasteiger partial charge >= 0.3 is 0 Å². The van der Waals surface area contributed by atoms with Gasteiger partial charge in [-0.2, -0.15) is 11.8 Å². The van der Waals surface area contributed by atoms with Crippen LogP contribution < -0.4 is 10.6 Å². The summed E-state index contributed by atoms with van der Waals surface area (Å²) in [6.45, 7) is 1.86. The Kier molecular flexibility index (Phi) is 2.98.